The Kier molecular flexibility index (Phi) is 4.97. The third-order valence-corrected chi connectivity index (χ3v) is 4.88. The fourth-order valence-corrected chi connectivity index (χ4v) is 3.47. The molecule has 0 N–H and O–H groups in total. The molecule has 1 saturated heterocycles. The second kappa shape index (κ2) is 7.70. The van der Waals surface area contributed by atoms with Crippen molar-refractivity contribution in [2.45, 2.75) is 25.5 Å². The zero-order valence-electron chi connectivity index (χ0n) is 15.1. The summed E-state index contributed by atoms with van der Waals surface area (Å²) in [6.45, 7) is 2.72. The molecule has 4 rings (SSSR count). The van der Waals surface area contributed by atoms with Gasteiger partial charge in [-0.1, -0.05) is 47.7 Å². The maximum atomic E-state index is 6.06. The van der Waals surface area contributed by atoms with Gasteiger partial charge in [-0.2, -0.15) is 0 Å². The molecule has 1 aliphatic rings. The lowest BCUT2D eigenvalue weighted by Crippen LogP contribution is -2.33. The minimum absolute atomic E-state index is 0.396. The van der Waals surface area contributed by atoms with Gasteiger partial charge in [-0.3, -0.25) is 0 Å². The maximum Gasteiger partial charge on any atom is 0.129 e. The van der Waals surface area contributed by atoms with E-state index in [9.17, 15) is 0 Å². The zero-order chi connectivity index (χ0) is 17.8. The summed E-state index contributed by atoms with van der Waals surface area (Å²) in [5, 5.41) is 8.81. The van der Waals surface area contributed by atoms with Crippen LogP contribution >= 0.6 is 0 Å². The van der Waals surface area contributed by atoms with Gasteiger partial charge >= 0.3 is 0 Å². The van der Waals surface area contributed by atoms with Gasteiger partial charge < -0.3 is 9.64 Å². The maximum absolute atomic E-state index is 6.06. The van der Waals surface area contributed by atoms with Gasteiger partial charge in [0.1, 0.15) is 18.1 Å². The van der Waals surface area contributed by atoms with Crippen LogP contribution in [-0.2, 0) is 6.61 Å². The molecule has 0 spiro atoms. The van der Waals surface area contributed by atoms with E-state index < -0.39 is 0 Å². The monoisotopic (exact) mass is 348 g/mol. The van der Waals surface area contributed by atoms with Crippen LogP contribution in [0.15, 0.2) is 60.8 Å². The normalized spacial score (nSPS) is 18.0. The van der Waals surface area contributed by atoms with Crippen LogP contribution in [0.3, 0.4) is 0 Å². The quantitative estimate of drug-likeness (QED) is 0.704. The molecule has 0 aliphatic carbocycles. The predicted octanol–water partition coefficient (Wildman–Crippen LogP) is 3.79. The van der Waals surface area contributed by atoms with E-state index in [1.54, 1.807) is 0 Å². The molecule has 26 heavy (non-hydrogen) atoms. The van der Waals surface area contributed by atoms with Gasteiger partial charge in [-0.05, 0) is 44.1 Å². The Hall–Kier alpha value is -2.66. The van der Waals surface area contributed by atoms with Crippen molar-refractivity contribution in [2.24, 2.45) is 0 Å². The average Bonchev–Trinajstić information content (AvgIpc) is 3.17. The lowest BCUT2D eigenvalue weighted by Gasteiger charge is -2.29. The van der Waals surface area contributed by atoms with E-state index in [0.29, 0.717) is 12.6 Å². The second-order valence-corrected chi connectivity index (χ2v) is 6.91. The van der Waals surface area contributed by atoms with E-state index >= 15 is 0 Å². The van der Waals surface area contributed by atoms with Crippen molar-refractivity contribution in [3.8, 4) is 17.0 Å². The lowest BCUT2D eigenvalue weighted by molar-refractivity contribution is 0.201. The van der Waals surface area contributed by atoms with Gasteiger partial charge in [0.05, 0.1) is 12.2 Å². The summed E-state index contributed by atoms with van der Waals surface area (Å²) in [6.07, 6.45) is 4.40. The lowest BCUT2D eigenvalue weighted by atomic mass is 10.1. The first-order chi connectivity index (χ1) is 12.8. The number of para-hydroxylation sites is 1. The Morgan fingerprint density at radius 2 is 1.88 bits per heavy atom. The van der Waals surface area contributed by atoms with Crippen LogP contribution in [0.4, 0.5) is 0 Å². The molecular weight excluding hydrogens is 324 g/mol. The number of nitrogens with zero attached hydrogens (tertiary/aromatic N) is 4. The topological polar surface area (TPSA) is 43.2 Å². The van der Waals surface area contributed by atoms with Crippen molar-refractivity contribution in [1.29, 1.82) is 0 Å². The van der Waals surface area contributed by atoms with Crippen molar-refractivity contribution in [2.75, 3.05) is 20.1 Å². The van der Waals surface area contributed by atoms with Crippen molar-refractivity contribution in [1.82, 2.24) is 19.9 Å². The molecule has 134 valence electrons. The van der Waals surface area contributed by atoms with Crippen LogP contribution < -0.4 is 4.74 Å². The van der Waals surface area contributed by atoms with Crippen molar-refractivity contribution in [3.63, 3.8) is 0 Å². The summed E-state index contributed by atoms with van der Waals surface area (Å²) in [5.74, 6) is 0.837. The number of likely N-dealkylation sites (N-methyl/N-ethyl adjacent to an activating group) is 1. The first-order valence-corrected chi connectivity index (χ1v) is 9.16. The van der Waals surface area contributed by atoms with Crippen LogP contribution in [0.1, 0.15) is 24.4 Å². The zero-order valence-corrected chi connectivity index (χ0v) is 15.1. The first-order valence-electron chi connectivity index (χ1n) is 9.16. The van der Waals surface area contributed by atoms with Crippen molar-refractivity contribution >= 4 is 0 Å². The van der Waals surface area contributed by atoms with E-state index in [4.69, 9.17) is 4.74 Å². The number of ether oxygens (including phenoxy) is 1. The van der Waals surface area contributed by atoms with Crippen LogP contribution in [0.5, 0.6) is 5.75 Å². The Labute approximate surface area is 154 Å². The fourth-order valence-electron chi connectivity index (χ4n) is 3.47. The highest BCUT2D eigenvalue weighted by molar-refractivity contribution is 5.66. The van der Waals surface area contributed by atoms with Crippen LogP contribution in [0, 0.1) is 0 Å². The number of hydrogen-bond acceptors (Lipinski definition) is 4. The minimum atomic E-state index is 0.396. The molecule has 1 aliphatic heterocycles. The molecule has 0 radical (unpaired) electrons. The summed E-state index contributed by atoms with van der Waals surface area (Å²) < 4.78 is 8.08. The van der Waals surface area contributed by atoms with E-state index in [1.165, 1.54) is 6.42 Å². The van der Waals surface area contributed by atoms with Gasteiger partial charge in [0.15, 0.2) is 0 Å². The van der Waals surface area contributed by atoms with E-state index in [1.807, 2.05) is 47.1 Å². The predicted molar refractivity (Wildman–Crippen MR) is 102 cm³/mol. The molecule has 5 heteroatoms. The van der Waals surface area contributed by atoms with Crippen molar-refractivity contribution < 1.29 is 4.74 Å². The molecule has 1 unspecified atom stereocenters. The molecule has 2 aromatic carbocycles. The highest BCUT2D eigenvalue weighted by Gasteiger charge is 2.21. The average molecular weight is 348 g/mol. The first kappa shape index (κ1) is 16.8. The Bertz CT molecular complexity index is 846. The number of hydrogen-bond donors (Lipinski definition) is 0. The van der Waals surface area contributed by atoms with Gasteiger partial charge in [-0.25, -0.2) is 4.68 Å². The fraction of sp³-hybridized carbons (Fsp3) is 0.333. The minimum Gasteiger partial charge on any atom is -0.488 e. The molecule has 2 heterocycles. The summed E-state index contributed by atoms with van der Waals surface area (Å²) >= 11 is 0. The number of aromatic nitrogens is 3. The smallest absolute Gasteiger partial charge is 0.129 e. The molecular formula is C21H24N4O. The molecule has 0 amide bonds. The van der Waals surface area contributed by atoms with Crippen LogP contribution in [0.25, 0.3) is 11.3 Å². The third kappa shape index (κ3) is 3.78. The highest BCUT2D eigenvalue weighted by atomic mass is 16.5. The Morgan fingerprint density at radius 1 is 1.08 bits per heavy atom. The summed E-state index contributed by atoms with van der Waals surface area (Å²) in [4.78, 5) is 2.35. The highest BCUT2D eigenvalue weighted by Crippen LogP contribution is 2.30. The summed E-state index contributed by atoms with van der Waals surface area (Å²) in [5.41, 5.74) is 3.00. The van der Waals surface area contributed by atoms with E-state index in [-0.39, 0.29) is 0 Å². The van der Waals surface area contributed by atoms with Crippen molar-refractivity contribution in [3.05, 3.63) is 66.4 Å². The Morgan fingerprint density at radius 3 is 2.73 bits per heavy atom. The SMILES string of the molecule is CN1CCCC(n2cc(-c3ccccc3OCc3ccccc3)nn2)C1. The number of rotatable bonds is 5. The molecule has 5 nitrogen and oxygen atoms in total. The van der Waals surface area contributed by atoms with Crippen LogP contribution in [-0.4, -0.2) is 40.0 Å². The Balaban J connectivity index is 1.53. The summed E-state index contributed by atoms with van der Waals surface area (Å²) in [6, 6.07) is 18.6. The molecule has 0 bridgehead atoms. The third-order valence-electron chi connectivity index (χ3n) is 4.88. The van der Waals surface area contributed by atoms with Gasteiger partial charge in [0.2, 0.25) is 0 Å². The number of likely N-dealkylation sites (tertiary alicyclic amines) is 1. The van der Waals surface area contributed by atoms with Gasteiger partial charge in [0, 0.05) is 12.1 Å². The number of piperidine rings is 1. The molecule has 0 saturated carbocycles. The standard InChI is InChI=1S/C21H24N4O/c1-24-13-7-10-18(14-24)25-15-20(22-23-25)19-11-5-6-12-21(19)26-16-17-8-3-2-4-9-17/h2-6,8-9,11-12,15,18H,7,10,13-14,16H2,1H3. The largest absolute Gasteiger partial charge is 0.488 e. The number of benzene rings is 2. The molecule has 1 fully saturated rings. The second-order valence-electron chi connectivity index (χ2n) is 6.91. The van der Waals surface area contributed by atoms with Gasteiger partial charge in [-0.15, -0.1) is 5.10 Å². The van der Waals surface area contributed by atoms with E-state index in [0.717, 1.165) is 42.1 Å². The van der Waals surface area contributed by atoms with Crippen LogP contribution in [0.2, 0.25) is 0 Å². The molecule has 1 atom stereocenters. The molecule has 1 aromatic heterocycles. The van der Waals surface area contributed by atoms with Gasteiger partial charge in [0.25, 0.3) is 0 Å². The summed E-state index contributed by atoms with van der Waals surface area (Å²) in [7, 11) is 2.16. The molecule has 3 aromatic rings. The van der Waals surface area contributed by atoms with E-state index in [2.05, 4.69) is 40.6 Å².